The smallest absolute Gasteiger partial charge is 0.270 e. The number of fused-ring (bicyclic) bond motifs is 2. The second kappa shape index (κ2) is 8.83. The fourth-order valence-electron chi connectivity index (χ4n) is 3.91. The van der Waals surface area contributed by atoms with Crippen LogP contribution in [-0.2, 0) is 11.2 Å². The summed E-state index contributed by atoms with van der Waals surface area (Å²) in [6.07, 6.45) is 1.09. The van der Waals surface area contributed by atoms with E-state index in [0.717, 1.165) is 27.5 Å². The number of amides is 2. The van der Waals surface area contributed by atoms with Gasteiger partial charge in [-0.05, 0) is 30.5 Å². The quantitative estimate of drug-likeness (QED) is 0.378. The SMILES string of the molecule is CCOc1c2c(c(OCC(C)C)c3ccccc13)C(=O)N(c1ccc(CC=O)cc1)C2=O. The van der Waals surface area contributed by atoms with Crippen LogP contribution in [0.3, 0.4) is 0 Å². The Kier molecular flexibility index (Phi) is 5.95. The van der Waals surface area contributed by atoms with Crippen molar-refractivity contribution in [2.45, 2.75) is 27.2 Å². The van der Waals surface area contributed by atoms with E-state index in [1.54, 1.807) is 24.3 Å². The van der Waals surface area contributed by atoms with Gasteiger partial charge in [0.2, 0.25) is 0 Å². The summed E-state index contributed by atoms with van der Waals surface area (Å²) < 4.78 is 12.0. The number of nitrogens with zero attached hydrogens (tertiary/aromatic N) is 1. The number of aldehydes is 1. The number of carbonyl (C=O) groups is 3. The van der Waals surface area contributed by atoms with Crippen molar-refractivity contribution < 1.29 is 23.9 Å². The molecule has 6 nitrogen and oxygen atoms in total. The Hall–Kier alpha value is -3.67. The van der Waals surface area contributed by atoms with E-state index in [1.807, 2.05) is 45.0 Å². The molecule has 3 aromatic carbocycles. The van der Waals surface area contributed by atoms with E-state index in [4.69, 9.17) is 9.47 Å². The molecule has 0 bridgehead atoms. The van der Waals surface area contributed by atoms with E-state index < -0.39 is 11.8 Å². The van der Waals surface area contributed by atoms with Crippen LogP contribution in [0, 0.1) is 5.92 Å². The molecular formula is C26H25NO5. The molecule has 0 N–H and O–H groups in total. The number of ether oxygens (including phenoxy) is 2. The van der Waals surface area contributed by atoms with Crippen molar-refractivity contribution in [3.05, 3.63) is 65.2 Å². The lowest BCUT2D eigenvalue weighted by molar-refractivity contribution is -0.107. The van der Waals surface area contributed by atoms with Crippen LogP contribution in [0.15, 0.2) is 48.5 Å². The molecule has 4 rings (SSSR count). The van der Waals surface area contributed by atoms with Gasteiger partial charge in [0, 0.05) is 17.2 Å². The Morgan fingerprint density at radius 1 is 0.875 bits per heavy atom. The van der Waals surface area contributed by atoms with Crippen molar-refractivity contribution in [2.75, 3.05) is 18.1 Å². The number of anilines is 1. The summed E-state index contributed by atoms with van der Waals surface area (Å²) in [7, 11) is 0. The second-order valence-electron chi connectivity index (χ2n) is 8.07. The summed E-state index contributed by atoms with van der Waals surface area (Å²) in [6, 6.07) is 14.3. The highest BCUT2D eigenvalue weighted by Crippen LogP contribution is 2.46. The van der Waals surface area contributed by atoms with Crippen molar-refractivity contribution in [3.63, 3.8) is 0 Å². The molecule has 0 unspecified atom stereocenters. The molecule has 0 aromatic heterocycles. The Morgan fingerprint density at radius 3 is 1.94 bits per heavy atom. The van der Waals surface area contributed by atoms with Gasteiger partial charge in [-0.25, -0.2) is 4.90 Å². The highest BCUT2D eigenvalue weighted by atomic mass is 16.5. The topological polar surface area (TPSA) is 72.9 Å². The van der Waals surface area contributed by atoms with E-state index in [1.165, 1.54) is 0 Å². The number of hydrogen-bond acceptors (Lipinski definition) is 5. The van der Waals surface area contributed by atoms with Crippen molar-refractivity contribution in [1.82, 2.24) is 0 Å². The standard InChI is InChI=1S/C26H25NO5/c1-4-31-23-19-7-5-6-8-20(19)24(32-15-16(2)3)22-21(23)25(29)27(26(22)30)18-11-9-17(10-12-18)13-14-28/h5-12,14,16H,4,13,15H2,1-3H3. The first-order chi connectivity index (χ1) is 15.5. The average molecular weight is 431 g/mol. The van der Waals surface area contributed by atoms with Crippen molar-refractivity contribution in [3.8, 4) is 11.5 Å². The Bertz CT molecular complexity index is 1200. The summed E-state index contributed by atoms with van der Waals surface area (Å²) >= 11 is 0. The molecule has 0 radical (unpaired) electrons. The van der Waals surface area contributed by atoms with Crippen LogP contribution in [0.2, 0.25) is 0 Å². The lowest BCUT2D eigenvalue weighted by atomic mass is 9.99. The molecule has 0 saturated heterocycles. The molecule has 0 saturated carbocycles. The molecule has 2 amide bonds. The monoisotopic (exact) mass is 431 g/mol. The third kappa shape index (κ3) is 3.62. The van der Waals surface area contributed by atoms with Gasteiger partial charge in [0.05, 0.1) is 30.0 Å². The van der Waals surface area contributed by atoms with Crippen LogP contribution >= 0.6 is 0 Å². The number of carbonyl (C=O) groups excluding carboxylic acids is 3. The van der Waals surface area contributed by atoms with Crippen LogP contribution in [0.25, 0.3) is 10.8 Å². The summed E-state index contributed by atoms with van der Waals surface area (Å²) in [5.41, 5.74) is 1.70. The molecule has 1 aliphatic heterocycles. The number of benzene rings is 3. The zero-order chi connectivity index (χ0) is 22.8. The van der Waals surface area contributed by atoms with Gasteiger partial charge in [-0.15, -0.1) is 0 Å². The van der Waals surface area contributed by atoms with E-state index in [2.05, 4.69) is 0 Å². The molecule has 0 fully saturated rings. The van der Waals surface area contributed by atoms with Crippen molar-refractivity contribution in [2.24, 2.45) is 5.92 Å². The van der Waals surface area contributed by atoms with Crippen LogP contribution in [-0.4, -0.2) is 31.3 Å². The van der Waals surface area contributed by atoms with Gasteiger partial charge < -0.3 is 14.3 Å². The lowest BCUT2D eigenvalue weighted by Gasteiger charge is -2.17. The molecule has 32 heavy (non-hydrogen) atoms. The molecule has 0 atom stereocenters. The van der Waals surface area contributed by atoms with Crippen molar-refractivity contribution >= 4 is 34.6 Å². The largest absolute Gasteiger partial charge is 0.492 e. The highest BCUT2D eigenvalue weighted by molar-refractivity contribution is 6.38. The van der Waals surface area contributed by atoms with Gasteiger partial charge in [-0.3, -0.25) is 9.59 Å². The van der Waals surface area contributed by atoms with Gasteiger partial charge in [-0.1, -0.05) is 50.2 Å². The second-order valence-corrected chi connectivity index (χ2v) is 8.07. The minimum absolute atomic E-state index is 0.228. The van der Waals surface area contributed by atoms with Crippen LogP contribution < -0.4 is 14.4 Å². The summed E-state index contributed by atoms with van der Waals surface area (Å²) in [5, 5.41) is 1.47. The molecule has 6 heteroatoms. The first kappa shape index (κ1) is 21.6. The lowest BCUT2D eigenvalue weighted by Crippen LogP contribution is -2.29. The summed E-state index contributed by atoms with van der Waals surface area (Å²) in [4.78, 5) is 39.1. The normalized spacial score (nSPS) is 13.1. The maximum Gasteiger partial charge on any atom is 0.270 e. The van der Waals surface area contributed by atoms with Crippen molar-refractivity contribution in [1.29, 1.82) is 0 Å². The van der Waals surface area contributed by atoms with Gasteiger partial charge in [0.1, 0.15) is 17.8 Å². The predicted octanol–water partition coefficient (Wildman–Crippen LogP) is 4.82. The first-order valence-corrected chi connectivity index (χ1v) is 10.7. The summed E-state index contributed by atoms with van der Waals surface area (Å²) in [5.74, 6) is 0.152. The number of imide groups is 1. The predicted molar refractivity (Wildman–Crippen MR) is 123 cm³/mol. The van der Waals surface area contributed by atoms with E-state index in [-0.39, 0.29) is 23.5 Å². The zero-order valence-corrected chi connectivity index (χ0v) is 18.4. The van der Waals surface area contributed by atoms with Crippen LogP contribution in [0.1, 0.15) is 47.1 Å². The van der Waals surface area contributed by atoms with E-state index in [0.29, 0.717) is 30.4 Å². The maximum atomic E-state index is 13.6. The molecule has 0 aliphatic carbocycles. The van der Waals surface area contributed by atoms with Gasteiger partial charge in [0.25, 0.3) is 11.8 Å². The van der Waals surface area contributed by atoms with Crippen LogP contribution in [0.5, 0.6) is 11.5 Å². The average Bonchev–Trinajstić information content (AvgIpc) is 3.04. The number of hydrogen-bond donors (Lipinski definition) is 0. The molecule has 1 aliphatic rings. The maximum absolute atomic E-state index is 13.6. The Morgan fingerprint density at radius 2 is 1.44 bits per heavy atom. The highest BCUT2D eigenvalue weighted by Gasteiger charge is 2.43. The molecule has 164 valence electrons. The van der Waals surface area contributed by atoms with Gasteiger partial charge >= 0.3 is 0 Å². The number of rotatable bonds is 8. The first-order valence-electron chi connectivity index (χ1n) is 10.7. The molecule has 3 aromatic rings. The molecular weight excluding hydrogens is 406 g/mol. The van der Waals surface area contributed by atoms with E-state index >= 15 is 0 Å². The van der Waals surface area contributed by atoms with Gasteiger partial charge in [-0.2, -0.15) is 0 Å². The third-order valence-corrected chi connectivity index (χ3v) is 5.32. The Labute approximate surface area is 186 Å². The fourth-order valence-corrected chi connectivity index (χ4v) is 3.91. The molecule has 1 heterocycles. The minimum atomic E-state index is -0.447. The van der Waals surface area contributed by atoms with E-state index in [9.17, 15) is 14.4 Å². The fraction of sp³-hybridized carbons (Fsp3) is 0.269. The molecule has 0 spiro atoms. The minimum Gasteiger partial charge on any atom is -0.492 e. The third-order valence-electron chi connectivity index (χ3n) is 5.32. The van der Waals surface area contributed by atoms with Crippen LogP contribution in [0.4, 0.5) is 5.69 Å². The summed E-state index contributed by atoms with van der Waals surface area (Å²) in [6.45, 7) is 6.65. The zero-order valence-electron chi connectivity index (χ0n) is 18.4. The van der Waals surface area contributed by atoms with Gasteiger partial charge in [0.15, 0.2) is 0 Å². The Balaban J connectivity index is 1.92.